The third-order valence-corrected chi connectivity index (χ3v) is 14.2. The molecule has 61 heavy (non-hydrogen) atoms. The summed E-state index contributed by atoms with van der Waals surface area (Å²) in [7, 11) is 1.48. The van der Waals surface area contributed by atoms with Crippen molar-refractivity contribution in [1.82, 2.24) is 0 Å². The van der Waals surface area contributed by atoms with Crippen molar-refractivity contribution in [2.45, 2.75) is 366 Å². The number of carbonyl (C=O) groups excluding carboxylic acids is 1. The second-order valence-corrected chi connectivity index (χ2v) is 20.4. The van der Waals surface area contributed by atoms with Crippen molar-refractivity contribution >= 4 is 5.97 Å². The number of rotatable bonds is 56. The average molecular weight is 860 g/mol. The van der Waals surface area contributed by atoms with Gasteiger partial charge in [-0.3, -0.25) is 4.79 Å². The maximum atomic E-state index is 11.1. The van der Waals surface area contributed by atoms with Crippen molar-refractivity contribution in [3.63, 3.8) is 0 Å². The molecule has 0 radical (unpaired) electrons. The van der Waals surface area contributed by atoms with Gasteiger partial charge in [0.2, 0.25) is 0 Å². The normalized spacial score (nSPS) is 11.6. The Kier molecular flexibility index (Phi) is 57.0. The molecule has 0 saturated heterocycles. The maximum absolute atomic E-state index is 11.1. The van der Waals surface area contributed by atoms with Crippen LogP contribution in [0.1, 0.15) is 366 Å². The van der Waals surface area contributed by atoms with Gasteiger partial charge >= 0.3 is 5.97 Å². The largest absolute Gasteiger partial charge is 0.469 e. The number of hydrogen-bond donors (Lipinski definition) is 0. The zero-order valence-corrected chi connectivity index (χ0v) is 42.9. The van der Waals surface area contributed by atoms with Gasteiger partial charge in [-0.05, 0) is 6.42 Å². The summed E-state index contributed by atoms with van der Waals surface area (Å²) in [4.78, 5) is 11.1. The summed E-state index contributed by atoms with van der Waals surface area (Å²) in [6.07, 6.45) is 80.6. The Labute approximate surface area is 387 Å². The molecule has 0 saturated carbocycles. The molecule has 0 amide bonds. The summed E-state index contributed by atoms with van der Waals surface area (Å²) in [6, 6.07) is 0. The molecule has 0 aromatic rings. The smallest absolute Gasteiger partial charge is 0.305 e. The summed E-state index contributed by atoms with van der Waals surface area (Å²) in [5, 5.41) is 0. The highest BCUT2D eigenvalue weighted by molar-refractivity contribution is 5.68. The summed E-state index contributed by atoms with van der Waals surface area (Å²) in [5.74, 6) is -0.0575. The highest BCUT2D eigenvalue weighted by Gasteiger charge is 2.01. The SMILES string of the molecule is CCCCCCCCCCCCCCCCCCCCCCCCCCCCCCCCCCCCCCCCCCCCCCCCCCCCCCCCCC(=O)OC. The van der Waals surface area contributed by atoms with Crippen LogP contribution in [0, 0.1) is 0 Å². The first-order chi connectivity index (χ1) is 30.3. The van der Waals surface area contributed by atoms with Gasteiger partial charge in [0, 0.05) is 6.42 Å². The predicted molar refractivity (Wildman–Crippen MR) is 276 cm³/mol. The number of hydrogen-bond acceptors (Lipinski definition) is 2. The van der Waals surface area contributed by atoms with Crippen LogP contribution in [0.15, 0.2) is 0 Å². The number of carbonyl (C=O) groups is 1. The molecule has 2 nitrogen and oxygen atoms in total. The Morgan fingerprint density at radius 2 is 0.328 bits per heavy atom. The maximum Gasteiger partial charge on any atom is 0.305 e. The molecule has 0 N–H and O–H groups in total. The summed E-state index contributed by atoms with van der Waals surface area (Å²) in [5.41, 5.74) is 0. The molecule has 0 spiro atoms. The molecule has 0 aliphatic rings. The highest BCUT2D eigenvalue weighted by atomic mass is 16.5. The van der Waals surface area contributed by atoms with E-state index in [1.54, 1.807) is 0 Å². The van der Waals surface area contributed by atoms with E-state index < -0.39 is 0 Å². The Morgan fingerprint density at radius 3 is 0.443 bits per heavy atom. The van der Waals surface area contributed by atoms with Crippen molar-refractivity contribution in [3.05, 3.63) is 0 Å². The van der Waals surface area contributed by atoms with Crippen LogP contribution in [0.4, 0.5) is 0 Å². The third kappa shape index (κ3) is 57.5. The van der Waals surface area contributed by atoms with Crippen molar-refractivity contribution < 1.29 is 9.53 Å². The molecule has 0 rings (SSSR count). The van der Waals surface area contributed by atoms with E-state index >= 15 is 0 Å². The van der Waals surface area contributed by atoms with Crippen molar-refractivity contribution in [3.8, 4) is 0 Å². The predicted octanol–water partition coefficient (Wildman–Crippen LogP) is 22.0. The molecular formula is C59H118O2. The zero-order valence-electron chi connectivity index (χ0n) is 42.9. The molecule has 0 aromatic heterocycles. The van der Waals surface area contributed by atoms with Gasteiger partial charge in [-0.25, -0.2) is 0 Å². The summed E-state index contributed by atoms with van der Waals surface area (Å²) in [6.45, 7) is 2.31. The van der Waals surface area contributed by atoms with Crippen LogP contribution in [0.3, 0.4) is 0 Å². The van der Waals surface area contributed by atoms with Gasteiger partial charge in [0.1, 0.15) is 0 Å². The fraction of sp³-hybridized carbons (Fsp3) is 0.983. The molecule has 0 aromatic carbocycles. The minimum atomic E-state index is -0.0575. The summed E-state index contributed by atoms with van der Waals surface area (Å²) >= 11 is 0. The topological polar surface area (TPSA) is 26.3 Å². The van der Waals surface area contributed by atoms with Gasteiger partial charge in [-0.1, -0.05) is 354 Å². The first-order valence-electron chi connectivity index (χ1n) is 29.4. The van der Waals surface area contributed by atoms with Crippen molar-refractivity contribution in [1.29, 1.82) is 0 Å². The average Bonchev–Trinajstić information content (AvgIpc) is 3.27. The molecule has 0 aliphatic heterocycles. The van der Waals surface area contributed by atoms with E-state index in [-0.39, 0.29) is 5.97 Å². The quantitative estimate of drug-likeness (QED) is 0.0450. The number of ether oxygens (including phenoxy) is 1. The fourth-order valence-electron chi connectivity index (χ4n) is 9.81. The minimum Gasteiger partial charge on any atom is -0.469 e. The molecule has 0 heterocycles. The summed E-state index contributed by atoms with van der Waals surface area (Å²) < 4.78 is 4.70. The number of unbranched alkanes of at least 4 members (excludes halogenated alkanes) is 54. The van der Waals surface area contributed by atoms with Crippen LogP contribution < -0.4 is 0 Å². The third-order valence-electron chi connectivity index (χ3n) is 14.2. The molecule has 2 heteroatoms. The second kappa shape index (κ2) is 57.5. The van der Waals surface area contributed by atoms with Crippen LogP contribution >= 0.6 is 0 Å². The Hall–Kier alpha value is -0.530. The molecule has 0 aliphatic carbocycles. The Balaban J connectivity index is 3.07. The zero-order chi connectivity index (χ0) is 43.9. The van der Waals surface area contributed by atoms with E-state index in [1.807, 2.05) is 0 Å². The van der Waals surface area contributed by atoms with Gasteiger partial charge in [0.05, 0.1) is 7.11 Å². The van der Waals surface area contributed by atoms with E-state index in [9.17, 15) is 4.79 Å². The van der Waals surface area contributed by atoms with Gasteiger partial charge in [0.15, 0.2) is 0 Å². The molecule has 0 unspecified atom stereocenters. The van der Waals surface area contributed by atoms with Crippen LogP contribution in [-0.4, -0.2) is 13.1 Å². The van der Waals surface area contributed by atoms with E-state index in [4.69, 9.17) is 4.74 Å². The van der Waals surface area contributed by atoms with E-state index in [2.05, 4.69) is 6.92 Å². The fourth-order valence-corrected chi connectivity index (χ4v) is 9.81. The van der Waals surface area contributed by atoms with E-state index in [0.29, 0.717) is 6.42 Å². The monoisotopic (exact) mass is 859 g/mol. The molecule has 0 fully saturated rings. The van der Waals surface area contributed by atoms with Gasteiger partial charge < -0.3 is 4.74 Å². The Morgan fingerprint density at radius 1 is 0.213 bits per heavy atom. The van der Waals surface area contributed by atoms with E-state index in [0.717, 1.165) is 6.42 Å². The lowest BCUT2D eigenvalue weighted by atomic mass is 10.0. The molecule has 0 atom stereocenters. The number of methoxy groups -OCH3 is 1. The molecule has 366 valence electrons. The van der Waals surface area contributed by atoms with Gasteiger partial charge in [-0.15, -0.1) is 0 Å². The lowest BCUT2D eigenvalue weighted by Crippen LogP contribution is -1.99. The standard InChI is InChI=1S/C59H118O2/c1-3-4-5-6-7-8-9-10-11-12-13-14-15-16-17-18-19-20-21-22-23-24-25-26-27-28-29-30-31-32-33-34-35-36-37-38-39-40-41-42-43-44-45-46-47-48-49-50-51-52-53-54-55-56-57-58-59(60)61-2/h3-58H2,1-2H3. The van der Waals surface area contributed by atoms with Crippen LogP contribution in [0.5, 0.6) is 0 Å². The van der Waals surface area contributed by atoms with Crippen molar-refractivity contribution in [2.24, 2.45) is 0 Å². The van der Waals surface area contributed by atoms with Gasteiger partial charge in [-0.2, -0.15) is 0 Å². The highest BCUT2D eigenvalue weighted by Crippen LogP contribution is 2.19. The second-order valence-electron chi connectivity index (χ2n) is 20.4. The first-order valence-corrected chi connectivity index (χ1v) is 29.4. The van der Waals surface area contributed by atoms with Crippen LogP contribution in [-0.2, 0) is 9.53 Å². The van der Waals surface area contributed by atoms with Crippen LogP contribution in [0.25, 0.3) is 0 Å². The van der Waals surface area contributed by atoms with Crippen LogP contribution in [0.2, 0.25) is 0 Å². The first kappa shape index (κ1) is 60.5. The van der Waals surface area contributed by atoms with Gasteiger partial charge in [0.25, 0.3) is 0 Å². The lowest BCUT2D eigenvalue weighted by molar-refractivity contribution is -0.140. The molecular weight excluding hydrogens is 741 g/mol. The lowest BCUT2D eigenvalue weighted by Gasteiger charge is -2.05. The Bertz CT molecular complexity index is 762. The van der Waals surface area contributed by atoms with E-state index in [1.165, 1.54) is 354 Å². The minimum absolute atomic E-state index is 0.0575. The molecule has 0 bridgehead atoms. The number of esters is 1. The van der Waals surface area contributed by atoms with Crippen molar-refractivity contribution in [2.75, 3.05) is 7.11 Å².